The van der Waals surface area contributed by atoms with Crippen molar-refractivity contribution < 1.29 is 0 Å². The molecule has 0 amide bonds. The van der Waals surface area contributed by atoms with Crippen LogP contribution in [0.15, 0.2) is 30.3 Å². The van der Waals surface area contributed by atoms with Crippen LogP contribution in [0.1, 0.15) is 31.7 Å². The first-order valence-electron chi connectivity index (χ1n) is 8.20. The molecule has 2 atom stereocenters. The van der Waals surface area contributed by atoms with Gasteiger partial charge in [-0.25, -0.2) is 0 Å². The first-order chi connectivity index (χ1) is 10.0. The van der Waals surface area contributed by atoms with Crippen molar-refractivity contribution in [2.45, 2.75) is 44.2 Å². The smallest absolute Gasteiger partial charge is 0.0307 e. The van der Waals surface area contributed by atoms with Crippen LogP contribution in [0.3, 0.4) is 0 Å². The molecule has 2 unspecified atom stereocenters. The molecular formula is C18H31N3. The topological polar surface area (TPSA) is 32.5 Å². The highest BCUT2D eigenvalue weighted by Crippen LogP contribution is 2.25. The fraction of sp³-hybridized carbons (Fsp3) is 0.667. The molecule has 3 nitrogen and oxygen atoms in total. The number of nitrogens with zero attached hydrogens (tertiary/aromatic N) is 2. The summed E-state index contributed by atoms with van der Waals surface area (Å²) < 4.78 is 0. The third-order valence-corrected chi connectivity index (χ3v) is 5.23. The van der Waals surface area contributed by atoms with Crippen LogP contribution in [0.2, 0.25) is 0 Å². The van der Waals surface area contributed by atoms with E-state index in [1.807, 2.05) is 0 Å². The standard InChI is InChI=1S/C18H31N3/c1-18(15-19,12-11-16-8-5-4-6-9-16)21(3)17-10-7-13-20(2)14-17/h4-6,8-9,17H,7,10-15,19H2,1-3H3. The predicted molar refractivity (Wildman–Crippen MR) is 90.5 cm³/mol. The van der Waals surface area contributed by atoms with Gasteiger partial charge >= 0.3 is 0 Å². The Morgan fingerprint density at radius 2 is 2.05 bits per heavy atom. The molecule has 1 fully saturated rings. The van der Waals surface area contributed by atoms with Gasteiger partial charge in [-0.2, -0.15) is 0 Å². The highest BCUT2D eigenvalue weighted by molar-refractivity contribution is 5.15. The van der Waals surface area contributed by atoms with Gasteiger partial charge in [0.05, 0.1) is 0 Å². The highest BCUT2D eigenvalue weighted by atomic mass is 15.3. The van der Waals surface area contributed by atoms with Crippen molar-refractivity contribution in [1.29, 1.82) is 0 Å². The van der Waals surface area contributed by atoms with Crippen molar-refractivity contribution in [1.82, 2.24) is 9.80 Å². The van der Waals surface area contributed by atoms with Gasteiger partial charge in [-0.15, -0.1) is 0 Å². The molecule has 2 N–H and O–H groups in total. The first kappa shape index (κ1) is 16.5. The molecule has 0 aliphatic carbocycles. The van der Waals surface area contributed by atoms with Gasteiger partial charge in [0.25, 0.3) is 0 Å². The van der Waals surface area contributed by atoms with E-state index in [1.165, 1.54) is 24.9 Å². The average molecular weight is 289 g/mol. The second-order valence-corrected chi connectivity index (χ2v) is 6.86. The molecule has 0 radical (unpaired) electrons. The number of rotatable bonds is 6. The number of hydrogen-bond acceptors (Lipinski definition) is 3. The van der Waals surface area contributed by atoms with Gasteiger partial charge in [-0.3, -0.25) is 4.90 Å². The predicted octanol–water partition coefficient (Wildman–Crippen LogP) is 2.36. The molecule has 1 heterocycles. The summed E-state index contributed by atoms with van der Waals surface area (Å²) in [5.41, 5.74) is 7.65. The number of piperidine rings is 1. The molecule has 1 saturated heterocycles. The van der Waals surface area contributed by atoms with E-state index in [9.17, 15) is 0 Å². The van der Waals surface area contributed by atoms with Gasteiger partial charge in [0, 0.05) is 24.7 Å². The van der Waals surface area contributed by atoms with Gasteiger partial charge in [-0.05, 0) is 58.8 Å². The SMILES string of the molecule is CN1CCCC(N(C)C(C)(CN)CCc2ccccc2)C1. The third-order valence-electron chi connectivity index (χ3n) is 5.23. The fourth-order valence-corrected chi connectivity index (χ4v) is 3.38. The van der Waals surface area contributed by atoms with Crippen molar-refractivity contribution in [2.24, 2.45) is 5.73 Å². The summed E-state index contributed by atoms with van der Waals surface area (Å²) in [6.45, 7) is 5.44. The Morgan fingerprint density at radius 1 is 1.33 bits per heavy atom. The van der Waals surface area contributed by atoms with E-state index in [1.54, 1.807) is 0 Å². The summed E-state index contributed by atoms with van der Waals surface area (Å²) in [6, 6.07) is 11.4. The summed E-state index contributed by atoms with van der Waals surface area (Å²) >= 11 is 0. The zero-order valence-electron chi connectivity index (χ0n) is 13.9. The quantitative estimate of drug-likeness (QED) is 0.872. The fourth-order valence-electron chi connectivity index (χ4n) is 3.38. The first-order valence-corrected chi connectivity index (χ1v) is 8.20. The Balaban J connectivity index is 1.98. The number of aryl methyl sites for hydroxylation is 1. The molecule has 0 spiro atoms. The number of hydrogen-bond donors (Lipinski definition) is 1. The molecule has 118 valence electrons. The van der Waals surface area contributed by atoms with Gasteiger partial charge in [0.1, 0.15) is 0 Å². The average Bonchev–Trinajstić information content (AvgIpc) is 2.53. The van der Waals surface area contributed by atoms with Crippen LogP contribution < -0.4 is 5.73 Å². The molecule has 1 aromatic carbocycles. The van der Waals surface area contributed by atoms with E-state index in [4.69, 9.17) is 5.73 Å². The van der Waals surface area contributed by atoms with Gasteiger partial charge in [0.2, 0.25) is 0 Å². The molecule has 1 aliphatic rings. The normalized spacial score (nSPS) is 23.2. The lowest BCUT2D eigenvalue weighted by atomic mass is 9.89. The molecule has 0 bridgehead atoms. The molecule has 0 aromatic heterocycles. The maximum Gasteiger partial charge on any atom is 0.0307 e. The third kappa shape index (κ3) is 4.29. The lowest BCUT2D eigenvalue weighted by Crippen LogP contribution is -2.57. The second-order valence-electron chi connectivity index (χ2n) is 6.86. The number of benzene rings is 1. The van der Waals surface area contributed by atoms with Gasteiger partial charge in [-0.1, -0.05) is 30.3 Å². The monoisotopic (exact) mass is 289 g/mol. The Morgan fingerprint density at radius 3 is 2.67 bits per heavy atom. The van der Waals surface area contributed by atoms with Crippen LogP contribution in [-0.2, 0) is 6.42 Å². The number of likely N-dealkylation sites (tertiary alicyclic amines) is 1. The molecule has 1 aliphatic heterocycles. The van der Waals surface area contributed by atoms with Crippen molar-refractivity contribution in [3.63, 3.8) is 0 Å². The maximum atomic E-state index is 6.16. The number of likely N-dealkylation sites (N-methyl/N-ethyl adjacent to an activating group) is 2. The lowest BCUT2D eigenvalue weighted by molar-refractivity contribution is 0.0437. The number of nitrogens with two attached hydrogens (primary N) is 1. The van der Waals surface area contributed by atoms with Gasteiger partial charge < -0.3 is 10.6 Å². The summed E-state index contributed by atoms with van der Waals surface area (Å²) in [7, 11) is 4.49. The molecular weight excluding hydrogens is 258 g/mol. The highest BCUT2D eigenvalue weighted by Gasteiger charge is 2.33. The minimum Gasteiger partial charge on any atom is -0.329 e. The van der Waals surface area contributed by atoms with Crippen LogP contribution in [-0.4, -0.2) is 55.1 Å². The van der Waals surface area contributed by atoms with Crippen molar-refractivity contribution in [2.75, 3.05) is 33.7 Å². The van der Waals surface area contributed by atoms with Crippen LogP contribution >= 0.6 is 0 Å². The van der Waals surface area contributed by atoms with Crippen LogP contribution in [0.5, 0.6) is 0 Å². The minimum absolute atomic E-state index is 0.0820. The Labute approximate surface area is 130 Å². The summed E-state index contributed by atoms with van der Waals surface area (Å²) in [6.07, 6.45) is 4.80. The lowest BCUT2D eigenvalue weighted by Gasteiger charge is -2.46. The van der Waals surface area contributed by atoms with E-state index >= 15 is 0 Å². The summed E-state index contributed by atoms with van der Waals surface area (Å²) in [5.74, 6) is 0. The molecule has 0 saturated carbocycles. The van der Waals surface area contributed by atoms with E-state index < -0.39 is 0 Å². The van der Waals surface area contributed by atoms with E-state index in [0.717, 1.165) is 25.9 Å². The Hall–Kier alpha value is -0.900. The van der Waals surface area contributed by atoms with Crippen molar-refractivity contribution in [3.8, 4) is 0 Å². The Bertz CT molecular complexity index is 420. The van der Waals surface area contributed by atoms with Crippen LogP contribution in [0.25, 0.3) is 0 Å². The summed E-state index contributed by atoms with van der Waals surface area (Å²) in [4.78, 5) is 4.99. The molecule has 2 rings (SSSR count). The van der Waals surface area contributed by atoms with Crippen molar-refractivity contribution >= 4 is 0 Å². The largest absolute Gasteiger partial charge is 0.329 e. The van der Waals surface area contributed by atoms with E-state index in [2.05, 4.69) is 61.2 Å². The maximum absolute atomic E-state index is 6.16. The second kappa shape index (κ2) is 7.39. The van der Waals surface area contributed by atoms with Gasteiger partial charge in [0.15, 0.2) is 0 Å². The zero-order chi connectivity index (χ0) is 15.3. The molecule has 3 heteroatoms. The molecule has 21 heavy (non-hydrogen) atoms. The summed E-state index contributed by atoms with van der Waals surface area (Å²) in [5, 5.41) is 0. The van der Waals surface area contributed by atoms with Crippen LogP contribution in [0, 0.1) is 0 Å². The van der Waals surface area contributed by atoms with E-state index in [0.29, 0.717) is 6.04 Å². The zero-order valence-corrected chi connectivity index (χ0v) is 13.9. The van der Waals surface area contributed by atoms with Crippen LogP contribution in [0.4, 0.5) is 0 Å². The van der Waals surface area contributed by atoms with Crippen molar-refractivity contribution in [3.05, 3.63) is 35.9 Å². The minimum atomic E-state index is 0.0820. The Kier molecular flexibility index (Phi) is 5.80. The molecule has 1 aromatic rings. The van der Waals surface area contributed by atoms with E-state index in [-0.39, 0.29) is 5.54 Å².